The number of hydrogen-bond acceptors (Lipinski definition) is 5. The number of pyridine rings is 1. The first-order valence-electron chi connectivity index (χ1n) is 8.90. The molecule has 2 aromatic heterocycles. The molecule has 1 unspecified atom stereocenters. The van der Waals surface area contributed by atoms with Gasteiger partial charge in [0.25, 0.3) is 0 Å². The number of rotatable bonds is 3. The lowest BCUT2D eigenvalue weighted by Crippen LogP contribution is -2.47. The van der Waals surface area contributed by atoms with Gasteiger partial charge in [0, 0.05) is 19.6 Å². The predicted molar refractivity (Wildman–Crippen MR) is 103 cm³/mol. The Kier molecular flexibility index (Phi) is 4.27. The molecule has 1 saturated heterocycles. The van der Waals surface area contributed by atoms with Gasteiger partial charge in [-0.05, 0) is 44.8 Å². The first kappa shape index (κ1) is 16.8. The Morgan fingerprint density at radius 3 is 2.92 bits per heavy atom. The number of fused-ring (bicyclic) bond motifs is 3. The first-order chi connectivity index (χ1) is 12.6. The smallest absolute Gasteiger partial charge is 0.157 e. The van der Waals surface area contributed by atoms with Crippen LogP contribution in [-0.4, -0.2) is 60.7 Å². The maximum Gasteiger partial charge on any atom is 0.157 e. The van der Waals surface area contributed by atoms with Crippen LogP contribution in [0.15, 0.2) is 30.3 Å². The summed E-state index contributed by atoms with van der Waals surface area (Å²) in [7, 11) is 4.13. The molecule has 26 heavy (non-hydrogen) atoms. The minimum absolute atomic E-state index is 0.166. The number of morpholine rings is 1. The second-order valence-electron chi connectivity index (χ2n) is 7.13. The van der Waals surface area contributed by atoms with Crippen LogP contribution in [-0.2, 0) is 4.74 Å². The van der Waals surface area contributed by atoms with Crippen LogP contribution in [0.1, 0.15) is 11.1 Å². The van der Waals surface area contributed by atoms with Gasteiger partial charge in [0.2, 0.25) is 0 Å². The number of nitriles is 1. The molecular weight excluding hydrogens is 326 g/mol. The molecule has 0 bridgehead atoms. The quantitative estimate of drug-likeness (QED) is 0.727. The molecular formula is C20H23N5O. The molecule has 1 aromatic carbocycles. The van der Waals surface area contributed by atoms with E-state index in [0.29, 0.717) is 12.2 Å². The minimum atomic E-state index is 0.166. The Bertz CT molecular complexity index is 1000. The van der Waals surface area contributed by atoms with Crippen LogP contribution in [0.5, 0.6) is 0 Å². The van der Waals surface area contributed by atoms with Crippen molar-refractivity contribution >= 4 is 22.5 Å². The standard InChI is InChI=1S/C20H23N5O/c1-14-10-19(24-8-9-26-15(13-24)12-23(2)3)25-18-7-5-4-6-17(18)22-20(25)16(14)11-21/h4-7,10,15H,8-9,12-13H2,1-3H3. The summed E-state index contributed by atoms with van der Waals surface area (Å²) in [5.41, 5.74) is 4.28. The summed E-state index contributed by atoms with van der Waals surface area (Å²) >= 11 is 0. The van der Waals surface area contributed by atoms with Crippen molar-refractivity contribution in [1.29, 1.82) is 5.26 Å². The maximum atomic E-state index is 9.64. The lowest BCUT2D eigenvalue weighted by molar-refractivity contribution is 0.0245. The fourth-order valence-corrected chi connectivity index (χ4v) is 3.75. The molecule has 0 N–H and O–H groups in total. The summed E-state index contributed by atoms with van der Waals surface area (Å²) in [4.78, 5) is 9.25. The Morgan fingerprint density at radius 1 is 1.35 bits per heavy atom. The molecule has 0 radical (unpaired) electrons. The summed E-state index contributed by atoms with van der Waals surface area (Å²) in [6.07, 6.45) is 0.166. The lowest BCUT2D eigenvalue weighted by Gasteiger charge is -2.36. The largest absolute Gasteiger partial charge is 0.373 e. The van der Waals surface area contributed by atoms with Crippen molar-refractivity contribution in [1.82, 2.24) is 14.3 Å². The summed E-state index contributed by atoms with van der Waals surface area (Å²) in [6.45, 7) is 5.23. The number of imidazole rings is 1. The van der Waals surface area contributed by atoms with Gasteiger partial charge in [-0.1, -0.05) is 12.1 Å². The average Bonchev–Trinajstić information content (AvgIpc) is 3.00. The predicted octanol–water partition coefficient (Wildman–Crippen LogP) is 2.43. The number of hydrogen-bond donors (Lipinski definition) is 0. The molecule has 3 heterocycles. The zero-order chi connectivity index (χ0) is 18.3. The number of ether oxygens (including phenoxy) is 1. The molecule has 0 amide bonds. The van der Waals surface area contributed by atoms with Gasteiger partial charge in [-0.25, -0.2) is 4.98 Å². The van der Waals surface area contributed by atoms with Gasteiger partial charge in [0.05, 0.1) is 29.3 Å². The first-order valence-corrected chi connectivity index (χ1v) is 8.90. The number of aromatic nitrogens is 2. The van der Waals surface area contributed by atoms with Gasteiger partial charge in [0.15, 0.2) is 5.65 Å². The van der Waals surface area contributed by atoms with Crippen LogP contribution >= 0.6 is 0 Å². The van der Waals surface area contributed by atoms with Crippen molar-refractivity contribution < 1.29 is 4.74 Å². The molecule has 6 nitrogen and oxygen atoms in total. The van der Waals surface area contributed by atoms with E-state index in [0.717, 1.165) is 47.7 Å². The molecule has 3 aromatic rings. The van der Waals surface area contributed by atoms with E-state index in [2.05, 4.69) is 46.5 Å². The normalized spacial score (nSPS) is 18.0. The van der Waals surface area contributed by atoms with Gasteiger partial charge in [-0.3, -0.25) is 4.40 Å². The second kappa shape index (κ2) is 6.60. The third kappa shape index (κ3) is 2.79. The number of likely N-dealkylation sites (N-methyl/N-ethyl adjacent to an activating group) is 1. The van der Waals surface area contributed by atoms with E-state index in [4.69, 9.17) is 9.72 Å². The Balaban J connectivity index is 1.88. The highest BCUT2D eigenvalue weighted by Gasteiger charge is 2.25. The molecule has 1 atom stereocenters. The van der Waals surface area contributed by atoms with Crippen molar-refractivity contribution in [3.63, 3.8) is 0 Å². The van der Waals surface area contributed by atoms with Gasteiger partial charge in [0.1, 0.15) is 11.9 Å². The number of nitrogens with zero attached hydrogens (tertiary/aromatic N) is 5. The van der Waals surface area contributed by atoms with Gasteiger partial charge in [-0.15, -0.1) is 0 Å². The van der Waals surface area contributed by atoms with Gasteiger partial charge >= 0.3 is 0 Å². The topological polar surface area (TPSA) is 56.8 Å². The maximum absolute atomic E-state index is 9.64. The second-order valence-corrected chi connectivity index (χ2v) is 7.13. The molecule has 0 saturated carbocycles. The SMILES string of the molecule is Cc1cc(N2CCOC(CN(C)C)C2)n2c(nc3ccccc32)c1C#N. The number of anilines is 1. The highest BCUT2D eigenvalue weighted by Crippen LogP contribution is 2.29. The van der Waals surface area contributed by atoms with Crippen LogP contribution in [0.2, 0.25) is 0 Å². The van der Waals surface area contributed by atoms with E-state index in [1.807, 2.05) is 25.1 Å². The van der Waals surface area contributed by atoms with Crippen LogP contribution in [0.25, 0.3) is 16.7 Å². The molecule has 134 valence electrons. The van der Waals surface area contributed by atoms with Crippen molar-refractivity contribution in [3.8, 4) is 6.07 Å². The summed E-state index contributed by atoms with van der Waals surface area (Å²) in [5.74, 6) is 1.08. The third-order valence-corrected chi connectivity index (χ3v) is 4.90. The summed E-state index contributed by atoms with van der Waals surface area (Å²) < 4.78 is 8.06. The Labute approximate surface area is 153 Å². The number of para-hydroxylation sites is 2. The van der Waals surface area contributed by atoms with Gasteiger partial charge < -0.3 is 14.5 Å². The Morgan fingerprint density at radius 2 is 2.15 bits per heavy atom. The highest BCUT2D eigenvalue weighted by atomic mass is 16.5. The molecule has 4 rings (SSSR count). The molecule has 0 spiro atoms. The molecule has 1 aliphatic heterocycles. The molecule has 6 heteroatoms. The van der Waals surface area contributed by atoms with Crippen LogP contribution in [0.3, 0.4) is 0 Å². The van der Waals surface area contributed by atoms with E-state index >= 15 is 0 Å². The average molecular weight is 349 g/mol. The van der Waals surface area contributed by atoms with Crippen LogP contribution in [0.4, 0.5) is 5.82 Å². The van der Waals surface area contributed by atoms with E-state index in [9.17, 15) is 5.26 Å². The van der Waals surface area contributed by atoms with E-state index in [-0.39, 0.29) is 6.10 Å². The van der Waals surface area contributed by atoms with Crippen molar-refractivity contribution in [2.75, 3.05) is 45.2 Å². The van der Waals surface area contributed by atoms with Crippen LogP contribution in [0, 0.1) is 18.3 Å². The lowest BCUT2D eigenvalue weighted by atomic mass is 10.1. The number of benzene rings is 1. The summed E-state index contributed by atoms with van der Waals surface area (Å²) in [5, 5.41) is 9.64. The number of aryl methyl sites for hydroxylation is 1. The monoisotopic (exact) mass is 349 g/mol. The van der Waals surface area contributed by atoms with Crippen molar-refractivity contribution in [3.05, 3.63) is 41.5 Å². The van der Waals surface area contributed by atoms with E-state index in [1.165, 1.54) is 0 Å². The molecule has 1 fully saturated rings. The fourth-order valence-electron chi connectivity index (χ4n) is 3.75. The van der Waals surface area contributed by atoms with Gasteiger partial charge in [-0.2, -0.15) is 5.26 Å². The molecule has 1 aliphatic rings. The van der Waals surface area contributed by atoms with Crippen LogP contribution < -0.4 is 4.90 Å². The third-order valence-electron chi connectivity index (χ3n) is 4.90. The van der Waals surface area contributed by atoms with E-state index < -0.39 is 0 Å². The zero-order valence-electron chi connectivity index (χ0n) is 15.4. The van der Waals surface area contributed by atoms with Crippen molar-refractivity contribution in [2.24, 2.45) is 0 Å². The van der Waals surface area contributed by atoms with E-state index in [1.54, 1.807) is 0 Å². The zero-order valence-corrected chi connectivity index (χ0v) is 15.4. The summed E-state index contributed by atoms with van der Waals surface area (Å²) in [6, 6.07) is 12.5. The Hall–Kier alpha value is -2.62. The molecule has 0 aliphatic carbocycles. The fraction of sp³-hybridized carbons (Fsp3) is 0.400. The minimum Gasteiger partial charge on any atom is -0.373 e. The highest BCUT2D eigenvalue weighted by molar-refractivity contribution is 5.85. The van der Waals surface area contributed by atoms with Crippen molar-refractivity contribution in [2.45, 2.75) is 13.0 Å².